The summed E-state index contributed by atoms with van der Waals surface area (Å²) in [6, 6.07) is 4.10. The van der Waals surface area contributed by atoms with Crippen LogP contribution in [-0.2, 0) is 22.4 Å². The molecule has 1 aromatic heterocycles. The van der Waals surface area contributed by atoms with Gasteiger partial charge in [-0.15, -0.1) is 0 Å². The highest BCUT2D eigenvalue weighted by atomic mass is 16.6. The minimum atomic E-state index is -1.05. The molecular weight excluding hydrogens is 270 g/mol. The quantitative estimate of drug-likeness (QED) is 0.409. The predicted molar refractivity (Wildman–Crippen MR) is 79.5 cm³/mol. The molecular formula is C15H23N3O3. The molecule has 0 aliphatic heterocycles. The van der Waals surface area contributed by atoms with Gasteiger partial charge in [-0.1, -0.05) is 6.07 Å². The van der Waals surface area contributed by atoms with Crippen molar-refractivity contribution in [2.75, 3.05) is 6.54 Å². The Kier molecular flexibility index (Phi) is 8.04. The minimum Gasteiger partial charge on any atom is -0.376 e. The van der Waals surface area contributed by atoms with E-state index in [0.717, 1.165) is 44.3 Å². The van der Waals surface area contributed by atoms with E-state index in [1.54, 1.807) is 0 Å². The molecule has 1 rings (SSSR count). The fourth-order valence-corrected chi connectivity index (χ4v) is 1.96. The van der Waals surface area contributed by atoms with E-state index in [0.29, 0.717) is 6.42 Å². The highest BCUT2D eigenvalue weighted by Crippen LogP contribution is 2.08. The number of nitrogens with zero attached hydrogens (tertiary/aromatic N) is 1. The van der Waals surface area contributed by atoms with Crippen molar-refractivity contribution in [2.24, 2.45) is 11.5 Å². The number of unbranched alkanes of at least 4 members (excludes halogenated alkanes) is 2. The molecule has 0 fully saturated rings. The lowest BCUT2D eigenvalue weighted by Gasteiger charge is -2.03. The Balaban J connectivity index is 2.20. The number of hydrogen-bond donors (Lipinski definition) is 2. The van der Waals surface area contributed by atoms with Crippen molar-refractivity contribution in [1.82, 2.24) is 4.98 Å². The highest BCUT2D eigenvalue weighted by Gasteiger charge is 2.06. The van der Waals surface area contributed by atoms with E-state index in [4.69, 9.17) is 11.5 Å². The third kappa shape index (κ3) is 8.04. The van der Waals surface area contributed by atoms with Crippen LogP contribution >= 0.6 is 0 Å². The molecule has 0 unspecified atom stereocenters. The first-order chi connectivity index (χ1) is 10.1. The van der Waals surface area contributed by atoms with Gasteiger partial charge in [-0.3, -0.25) is 9.78 Å². The molecule has 116 valence electrons. The van der Waals surface area contributed by atoms with Crippen LogP contribution in [0.25, 0.3) is 0 Å². The van der Waals surface area contributed by atoms with Gasteiger partial charge in [0.2, 0.25) is 0 Å². The zero-order chi connectivity index (χ0) is 15.5. The van der Waals surface area contributed by atoms with Crippen LogP contribution in [0.2, 0.25) is 0 Å². The largest absolute Gasteiger partial charge is 0.412 e. The number of esters is 1. The summed E-state index contributed by atoms with van der Waals surface area (Å²) in [6.07, 6.45) is 6.41. The number of amides is 1. The molecule has 1 aromatic rings. The van der Waals surface area contributed by atoms with Crippen LogP contribution < -0.4 is 11.5 Å². The molecule has 0 atom stereocenters. The number of aromatic nitrogens is 1. The molecule has 0 aromatic carbocycles. The Morgan fingerprint density at radius 2 is 1.86 bits per heavy atom. The number of nitrogens with two attached hydrogens (primary N) is 2. The molecule has 6 nitrogen and oxygen atoms in total. The number of primary amides is 1. The van der Waals surface area contributed by atoms with Crippen molar-refractivity contribution in [2.45, 2.75) is 44.9 Å². The molecule has 0 bridgehead atoms. The highest BCUT2D eigenvalue weighted by molar-refractivity contribution is 5.83. The topological polar surface area (TPSA) is 108 Å². The lowest BCUT2D eigenvalue weighted by Crippen LogP contribution is -2.18. The Labute approximate surface area is 124 Å². The van der Waals surface area contributed by atoms with Gasteiger partial charge < -0.3 is 16.2 Å². The van der Waals surface area contributed by atoms with E-state index in [1.165, 1.54) is 5.56 Å². The second-order valence-electron chi connectivity index (χ2n) is 4.90. The maximum absolute atomic E-state index is 11.1. The van der Waals surface area contributed by atoms with E-state index in [-0.39, 0.29) is 6.42 Å². The first-order valence-electron chi connectivity index (χ1n) is 7.26. The zero-order valence-electron chi connectivity index (χ0n) is 12.2. The van der Waals surface area contributed by atoms with Crippen molar-refractivity contribution in [3.8, 4) is 0 Å². The maximum atomic E-state index is 11.1. The smallest absolute Gasteiger partial charge is 0.376 e. The van der Waals surface area contributed by atoms with Gasteiger partial charge >= 0.3 is 12.1 Å². The Bertz CT molecular complexity index is 446. The average molecular weight is 293 g/mol. The van der Waals surface area contributed by atoms with Gasteiger partial charge in [-0.25, -0.2) is 4.79 Å². The van der Waals surface area contributed by atoms with Gasteiger partial charge in [0, 0.05) is 18.3 Å². The average Bonchev–Trinajstić information content (AvgIpc) is 2.45. The number of carbonyl (C=O) groups excluding carboxylic acids is 2. The normalized spacial score (nSPS) is 10.3. The molecule has 0 saturated carbocycles. The lowest BCUT2D eigenvalue weighted by atomic mass is 10.1. The number of hydrogen-bond acceptors (Lipinski definition) is 5. The molecule has 6 heteroatoms. The van der Waals surface area contributed by atoms with E-state index in [1.807, 2.05) is 12.3 Å². The van der Waals surface area contributed by atoms with Gasteiger partial charge in [0.15, 0.2) is 0 Å². The van der Waals surface area contributed by atoms with Crippen LogP contribution in [0.5, 0.6) is 0 Å². The molecule has 1 amide bonds. The lowest BCUT2D eigenvalue weighted by molar-refractivity contribution is -0.137. The predicted octanol–water partition coefficient (Wildman–Crippen LogP) is 1.70. The van der Waals surface area contributed by atoms with Crippen molar-refractivity contribution in [3.63, 3.8) is 0 Å². The summed E-state index contributed by atoms with van der Waals surface area (Å²) in [7, 11) is 0. The number of carbonyl (C=O) groups is 2. The molecule has 21 heavy (non-hydrogen) atoms. The minimum absolute atomic E-state index is 0.195. The summed E-state index contributed by atoms with van der Waals surface area (Å²) in [5, 5.41) is 0. The summed E-state index contributed by atoms with van der Waals surface area (Å²) in [5.74, 6) is -0.578. The van der Waals surface area contributed by atoms with Crippen LogP contribution in [-0.4, -0.2) is 23.6 Å². The summed E-state index contributed by atoms with van der Waals surface area (Å²) >= 11 is 0. The van der Waals surface area contributed by atoms with E-state index >= 15 is 0 Å². The zero-order valence-corrected chi connectivity index (χ0v) is 12.2. The third-order valence-electron chi connectivity index (χ3n) is 3.08. The third-order valence-corrected chi connectivity index (χ3v) is 3.08. The molecule has 0 saturated heterocycles. The maximum Gasteiger partial charge on any atom is 0.412 e. The first kappa shape index (κ1) is 17.1. The number of ether oxygens (including phenoxy) is 1. The van der Waals surface area contributed by atoms with Crippen molar-refractivity contribution in [3.05, 3.63) is 29.6 Å². The van der Waals surface area contributed by atoms with Gasteiger partial charge in [0.05, 0.1) is 0 Å². The fourth-order valence-electron chi connectivity index (χ4n) is 1.96. The molecule has 1 heterocycles. The van der Waals surface area contributed by atoms with Gasteiger partial charge in [0.1, 0.15) is 0 Å². The summed E-state index contributed by atoms with van der Waals surface area (Å²) in [4.78, 5) is 25.8. The SMILES string of the molecule is NCCCCc1ccc(CCCCC(=O)OC(N)=O)nc1. The second kappa shape index (κ2) is 9.88. The first-order valence-corrected chi connectivity index (χ1v) is 7.26. The summed E-state index contributed by atoms with van der Waals surface area (Å²) < 4.78 is 4.24. The standard InChI is InChI=1S/C15H23N3O3/c16-10-4-3-5-12-8-9-13(18-11-12)6-1-2-7-14(19)21-15(17)20/h8-9,11H,1-7,10,16H2,(H2,17,20). The molecule has 0 radical (unpaired) electrons. The Morgan fingerprint density at radius 3 is 2.48 bits per heavy atom. The van der Waals surface area contributed by atoms with Crippen LogP contribution in [0.4, 0.5) is 4.79 Å². The Hall–Kier alpha value is -1.95. The molecule has 4 N–H and O–H groups in total. The second-order valence-corrected chi connectivity index (χ2v) is 4.90. The van der Waals surface area contributed by atoms with Gasteiger partial charge in [0.25, 0.3) is 0 Å². The van der Waals surface area contributed by atoms with Crippen LogP contribution in [0.3, 0.4) is 0 Å². The van der Waals surface area contributed by atoms with Crippen molar-refractivity contribution >= 4 is 12.1 Å². The Morgan fingerprint density at radius 1 is 1.10 bits per heavy atom. The van der Waals surface area contributed by atoms with Crippen molar-refractivity contribution in [1.29, 1.82) is 0 Å². The number of aryl methyl sites for hydroxylation is 2. The van der Waals surface area contributed by atoms with Crippen LogP contribution in [0.15, 0.2) is 18.3 Å². The number of pyridine rings is 1. The summed E-state index contributed by atoms with van der Waals surface area (Å²) in [6.45, 7) is 0.726. The monoisotopic (exact) mass is 293 g/mol. The van der Waals surface area contributed by atoms with Crippen molar-refractivity contribution < 1.29 is 14.3 Å². The van der Waals surface area contributed by atoms with Crippen LogP contribution in [0, 0.1) is 0 Å². The molecule has 0 spiro atoms. The van der Waals surface area contributed by atoms with Gasteiger partial charge in [-0.2, -0.15) is 0 Å². The van der Waals surface area contributed by atoms with E-state index in [2.05, 4.69) is 15.8 Å². The fraction of sp³-hybridized carbons (Fsp3) is 0.533. The van der Waals surface area contributed by atoms with Gasteiger partial charge in [-0.05, 0) is 56.7 Å². The summed E-state index contributed by atoms with van der Waals surface area (Å²) in [5.41, 5.74) is 12.4. The molecule has 0 aliphatic carbocycles. The van der Waals surface area contributed by atoms with Crippen LogP contribution in [0.1, 0.15) is 43.4 Å². The molecule has 0 aliphatic rings. The van der Waals surface area contributed by atoms with E-state index < -0.39 is 12.1 Å². The van der Waals surface area contributed by atoms with E-state index in [9.17, 15) is 9.59 Å². The number of rotatable bonds is 9.